The van der Waals surface area contributed by atoms with Gasteiger partial charge in [-0.15, -0.1) is 0 Å². The first-order chi connectivity index (χ1) is 9.94. The van der Waals surface area contributed by atoms with E-state index in [1.165, 1.54) is 6.07 Å². The van der Waals surface area contributed by atoms with Gasteiger partial charge in [0.1, 0.15) is 5.82 Å². The first-order valence-corrected chi connectivity index (χ1v) is 6.78. The first-order valence-electron chi connectivity index (χ1n) is 6.78. The maximum atomic E-state index is 13.6. The molecule has 2 aromatic rings. The lowest BCUT2D eigenvalue weighted by Crippen LogP contribution is -2.37. The van der Waals surface area contributed by atoms with Gasteiger partial charge in [-0.05, 0) is 44.5 Å². The summed E-state index contributed by atoms with van der Waals surface area (Å²) >= 11 is 0. The largest absolute Gasteiger partial charge is 0.335 e. The van der Waals surface area contributed by atoms with E-state index in [4.69, 9.17) is 0 Å². The van der Waals surface area contributed by atoms with Gasteiger partial charge in [-0.1, -0.05) is 6.07 Å². The van der Waals surface area contributed by atoms with Crippen molar-refractivity contribution in [1.82, 2.24) is 15.5 Å². The van der Waals surface area contributed by atoms with Crippen LogP contribution in [0.1, 0.15) is 23.9 Å². The fourth-order valence-corrected chi connectivity index (χ4v) is 2.06. The molecule has 0 unspecified atom stereocenters. The van der Waals surface area contributed by atoms with E-state index in [2.05, 4.69) is 20.8 Å². The zero-order valence-corrected chi connectivity index (χ0v) is 12.3. The van der Waals surface area contributed by atoms with E-state index in [1.54, 1.807) is 12.1 Å². The Morgan fingerprint density at radius 2 is 2.14 bits per heavy atom. The van der Waals surface area contributed by atoms with Crippen molar-refractivity contribution in [1.29, 1.82) is 0 Å². The van der Waals surface area contributed by atoms with E-state index < -0.39 is 11.8 Å². The summed E-state index contributed by atoms with van der Waals surface area (Å²) in [4.78, 5) is 11.9. The molecule has 1 aromatic heterocycles. The Balaban J connectivity index is 1.90. The molecule has 1 atom stereocenters. The molecule has 1 aromatic carbocycles. The van der Waals surface area contributed by atoms with Crippen LogP contribution >= 0.6 is 0 Å². The molecule has 0 aliphatic rings. The molecular formula is C15H19FN4O. The number of rotatable bonds is 4. The number of amides is 2. The highest BCUT2D eigenvalue weighted by Crippen LogP contribution is 2.15. The summed E-state index contributed by atoms with van der Waals surface area (Å²) in [7, 11) is 0. The lowest BCUT2D eigenvalue weighted by Gasteiger charge is -2.14. The Bertz CT molecular complexity index is 638. The van der Waals surface area contributed by atoms with Crippen LogP contribution in [0.5, 0.6) is 0 Å². The minimum atomic E-state index is -0.452. The Labute approximate surface area is 123 Å². The van der Waals surface area contributed by atoms with Crippen molar-refractivity contribution in [2.75, 3.05) is 5.32 Å². The van der Waals surface area contributed by atoms with Gasteiger partial charge in [0.25, 0.3) is 0 Å². The number of nitrogens with zero attached hydrogens (tertiary/aromatic N) is 1. The molecule has 0 aliphatic carbocycles. The van der Waals surface area contributed by atoms with Gasteiger partial charge < -0.3 is 10.6 Å². The summed E-state index contributed by atoms with van der Waals surface area (Å²) < 4.78 is 13.6. The van der Waals surface area contributed by atoms with Crippen molar-refractivity contribution in [3.05, 3.63) is 47.0 Å². The molecule has 0 saturated carbocycles. The third-order valence-electron chi connectivity index (χ3n) is 3.02. The van der Waals surface area contributed by atoms with Gasteiger partial charge in [-0.3, -0.25) is 5.10 Å². The first kappa shape index (κ1) is 15.0. The summed E-state index contributed by atoms with van der Waals surface area (Å²) in [6, 6.07) is 5.97. The van der Waals surface area contributed by atoms with E-state index in [0.717, 1.165) is 17.0 Å². The maximum Gasteiger partial charge on any atom is 0.319 e. The summed E-state index contributed by atoms with van der Waals surface area (Å²) in [5, 5.41) is 12.3. The standard InChI is InChI=1S/C15H19FN4O/c1-9-4-5-13(16)14(6-9)18-15(21)17-10(2)7-12-8-11(3)19-20-12/h4-6,8,10H,7H2,1-3H3,(H,19,20)(H2,17,18,21)/t10-/m0/s1. The third-order valence-corrected chi connectivity index (χ3v) is 3.02. The maximum absolute atomic E-state index is 13.6. The summed E-state index contributed by atoms with van der Waals surface area (Å²) in [5.74, 6) is -0.452. The van der Waals surface area contributed by atoms with E-state index >= 15 is 0 Å². The molecule has 0 aliphatic heterocycles. The normalized spacial score (nSPS) is 12.0. The summed E-state index contributed by atoms with van der Waals surface area (Å²) in [6.45, 7) is 5.63. The zero-order chi connectivity index (χ0) is 15.4. The predicted molar refractivity (Wildman–Crippen MR) is 79.8 cm³/mol. The molecule has 0 saturated heterocycles. The van der Waals surface area contributed by atoms with E-state index in [9.17, 15) is 9.18 Å². The van der Waals surface area contributed by atoms with Crippen LogP contribution in [0, 0.1) is 19.7 Å². The third kappa shape index (κ3) is 4.30. The SMILES string of the molecule is Cc1ccc(F)c(NC(=O)N[C@@H](C)Cc2cc(C)[nH]n2)c1. The van der Waals surface area contributed by atoms with Crippen LogP contribution < -0.4 is 10.6 Å². The Morgan fingerprint density at radius 3 is 2.81 bits per heavy atom. The number of urea groups is 1. The van der Waals surface area contributed by atoms with E-state index in [0.29, 0.717) is 6.42 Å². The second-order valence-corrected chi connectivity index (χ2v) is 5.23. The molecule has 112 valence electrons. The van der Waals surface area contributed by atoms with Crippen molar-refractivity contribution in [2.24, 2.45) is 0 Å². The van der Waals surface area contributed by atoms with Crippen molar-refractivity contribution < 1.29 is 9.18 Å². The summed E-state index contributed by atoms with van der Waals surface area (Å²) in [6.07, 6.45) is 0.605. The molecule has 0 fully saturated rings. The number of aromatic amines is 1. The van der Waals surface area contributed by atoms with Crippen LogP contribution in [-0.2, 0) is 6.42 Å². The molecule has 3 N–H and O–H groups in total. The van der Waals surface area contributed by atoms with Crippen LogP contribution in [0.3, 0.4) is 0 Å². The highest BCUT2D eigenvalue weighted by molar-refractivity contribution is 5.89. The number of hydrogen-bond acceptors (Lipinski definition) is 2. The lowest BCUT2D eigenvalue weighted by atomic mass is 10.2. The molecular weight excluding hydrogens is 271 g/mol. The minimum absolute atomic E-state index is 0.111. The Kier molecular flexibility index (Phi) is 4.57. The van der Waals surface area contributed by atoms with Crippen LogP contribution in [0.4, 0.5) is 14.9 Å². The Hall–Kier alpha value is -2.37. The zero-order valence-electron chi connectivity index (χ0n) is 12.3. The number of benzene rings is 1. The number of carbonyl (C=O) groups is 1. The molecule has 1 heterocycles. The number of aryl methyl sites for hydroxylation is 2. The lowest BCUT2D eigenvalue weighted by molar-refractivity contribution is 0.249. The van der Waals surface area contributed by atoms with Crippen molar-refractivity contribution in [3.8, 4) is 0 Å². The van der Waals surface area contributed by atoms with Crippen LogP contribution in [0.25, 0.3) is 0 Å². The molecule has 0 radical (unpaired) electrons. The molecule has 2 amide bonds. The molecule has 5 nitrogen and oxygen atoms in total. The van der Waals surface area contributed by atoms with Crippen molar-refractivity contribution >= 4 is 11.7 Å². The molecule has 0 bridgehead atoms. The number of H-pyrrole nitrogens is 1. The topological polar surface area (TPSA) is 69.8 Å². The second-order valence-electron chi connectivity index (χ2n) is 5.23. The van der Waals surface area contributed by atoms with E-state index in [1.807, 2.05) is 26.8 Å². The van der Waals surface area contributed by atoms with Crippen LogP contribution in [0.15, 0.2) is 24.3 Å². The number of nitrogens with one attached hydrogen (secondary N) is 3. The second kappa shape index (κ2) is 6.39. The van der Waals surface area contributed by atoms with Crippen LogP contribution in [-0.4, -0.2) is 22.3 Å². The fraction of sp³-hybridized carbons (Fsp3) is 0.333. The van der Waals surface area contributed by atoms with E-state index in [-0.39, 0.29) is 11.7 Å². The number of halogens is 1. The van der Waals surface area contributed by atoms with Gasteiger partial charge in [0.15, 0.2) is 0 Å². The van der Waals surface area contributed by atoms with Crippen molar-refractivity contribution in [2.45, 2.75) is 33.2 Å². The summed E-state index contributed by atoms with van der Waals surface area (Å²) in [5.41, 5.74) is 2.91. The Morgan fingerprint density at radius 1 is 1.38 bits per heavy atom. The van der Waals surface area contributed by atoms with Gasteiger partial charge in [0, 0.05) is 18.2 Å². The van der Waals surface area contributed by atoms with Crippen molar-refractivity contribution in [3.63, 3.8) is 0 Å². The van der Waals surface area contributed by atoms with Gasteiger partial charge in [0.05, 0.1) is 11.4 Å². The fourth-order valence-electron chi connectivity index (χ4n) is 2.06. The van der Waals surface area contributed by atoms with Gasteiger partial charge in [0.2, 0.25) is 0 Å². The van der Waals surface area contributed by atoms with Gasteiger partial charge >= 0.3 is 6.03 Å². The smallest absolute Gasteiger partial charge is 0.319 e. The molecule has 0 spiro atoms. The van der Waals surface area contributed by atoms with Crippen LogP contribution in [0.2, 0.25) is 0 Å². The quantitative estimate of drug-likeness (QED) is 0.810. The van der Waals surface area contributed by atoms with Gasteiger partial charge in [-0.25, -0.2) is 9.18 Å². The average molecular weight is 290 g/mol. The number of hydrogen-bond donors (Lipinski definition) is 3. The number of carbonyl (C=O) groups excluding carboxylic acids is 1. The molecule has 21 heavy (non-hydrogen) atoms. The highest BCUT2D eigenvalue weighted by Gasteiger charge is 2.11. The highest BCUT2D eigenvalue weighted by atomic mass is 19.1. The minimum Gasteiger partial charge on any atom is -0.335 e. The monoisotopic (exact) mass is 290 g/mol. The number of aromatic nitrogens is 2. The molecule has 6 heteroatoms. The average Bonchev–Trinajstić information content (AvgIpc) is 2.79. The molecule has 2 rings (SSSR count). The number of anilines is 1. The predicted octanol–water partition coefficient (Wildman–Crippen LogP) is 2.92. The van der Waals surface area contributed by atoms with Gasteiger partial charge in [-0.2, -0.15) is 5.10 Å².